The second kappa shape index (κ2) is 27.5. The van der Waals surface area contributed by atoms with Gasteiger partial charge in [0.25, 0.3) is 0 Å². The normalized spacial score (nSPS) is 23.7. The van der Waals surface area contributed by atoms with Crippen LogP contribution in [0, 0.1) is 0 Å². The zero-order valence-electron chi connectivity index (χ0n) is 32.9. The molecule has 1 heterocycles. The van der Waals surface area contributed by atoms with Gasteiger partial charge in [-0.05, 0) is 77.0 Å². The van der Waals surface area contributed by atoms with Crippen molar-refractivity contribution in [3.05, 3.63) is 48.6 Å². The van der Waals surface area contributed by atoms with Crippen molar-refractivity contribution in [1.82, 2.24) is 0 Å². The first-order valence-corrected chi connectivity index (χ1v) is 21.2. The number of rotatable bonds is 29. The molecule has 0 radical (unpaired) electrons. The quantitative estimate of drug-likeness (QED) is 0.0449. The van der Waals surface area contributed by atoms with Gasteiger partial charge in [-0.2, -0.15) is 0 Å². The van der Waals surface area contributed by atoms with E-state index in [-0.39, 0.29) is 5.79 Å². The van der Waals surface area contributed by atoms with Gasteiger partial charge >= 0.3 is 0 Å². The molecule has 278 valence electrons. The SMILES string of the molecule is CCCCCC=CCC=CCCCCCCCC1OC2(CCC([N+](C)(C)C)CC2)OC1CCCCCCCC=CCC=CCCCCC. The molecule has 2 aliphatic rings. The summed E-state index contributed by atoms with van der Waals surface area (Å²) >= 11 is 0. The third kappa shape index (κ3) is 20.5. The van der Waals surface area contributed by atoms with Crippen LogP contribution < -0.4 is 0 Å². The lowest BCUT2D eigenvalue weighted by Crippen LogP contribution is -2.50. The molecule has 2 atom stereocenters. The van der Waals surface area contributed by atoms with E-state index >= 15 is 0 Å². The highest BCUT2D eigenvalue weighted by atomic mass is 16.8. The summed E-state index contributed by atoms with van der Waals surface area (Å²) < 4.78 is 14.9. The Hall–Kier alpha value is -1.16. The van der Waals surface area contributed by atoms with Gasteiger partial charge in [0.15, 0.2) is 5.79 Å². The first-order chi connectivity index (χ1) is 23.4. The van der Waals surface area contributed by atoms with Gasteiger partial charge in [-0.3, -0.25) is 0 Å². The molecule has 0 aromatic rings. The number of allylic oxidation sites excluding steroid dienone is 8. The van der Waals surface area contributed by atoms with Crippen molar-refractivity contribution in [3.8, 4) is 0 Å². The van der Waals surface area contributed by atoms with Crippen LogP contribution in [0.1, 0.15) is 194 Å². The van der Waals surface area contributed by atoms with Crippen molar-refractivity contribution in [2.24, 2.45) is 0 Å². The molecule has 0 aromatic carbocycles. The van der Waals surface area contributed by atoms with Crippen molar-refractivity contribution in [1.29, 1.82) is 0 Å². The minimum atomic E-state index is -0.297. The fourth-order valence-corrected chi connectivity index (χ4v) is 7.59. The summed E-state index contributed by atoms with van der Waals surface area (Å²) in [6.45, 7) is 4.54. The number of quaternary nitrogens is 1. The van der Waals surface area contributed by atoms with Crippen LogP contribution in [0.2, 0.25) is 0 Å². The van der Waals surface area contributed by atoms with Gasteiger partial charge in [-0.25, -0.2) is 0 Å². The summed E-state index contributed by atoms with van der Waals surface area (Å²) in [6.07, 6.45) is 54.9. The van der Waals surface area contributed by atoms with Crippen molar-refractivity contribution < 1.29 is 14.0 Å². The third-order valence-corrected chi connectivity index (χ3v) is 10.8. The highest BCUT2D eigenvalue weighted by Crippen LogP contribution is 2.44. The summed E-state index contributed by atoms with van der Waals surface area (Å²) in [7, 11) is 7.04. The fourth-order valence-electron chi connectivity index (χ4n) is 7.59. The zero-order valence-corrected chi connectivity index (χ0v) is 32.9. The Balaban J connectivity index is 1.62. The van der Waals surface area contributed by atoms with Crippen LogP contribution in [0.3, 0.4) is 0 Å². The molecule has 0 N–H and O–H groups in total. The molecule has 1 saturated carbocycles. The first-order valence-electron chi connectivity index (χ1n) is 21.2. The predicted molar refractivity (Wildman–Crippen MR) is 211 cm³/mol. The molecule has 3 heteroatoms. The van der Waals surface area contributed by atoms with E-state index in [2.05, 4.69) is 83.6 Å². The lowest BCUT2D eigenvalue weighted by Gasteiger charge is -2.42. The van der Waals surface area contributed by atoms with Crippen molar-refractivity contribution in [2.75, 3.05) is 21.1 Å². The van der Waals surface area contributed by atoms with Gasteiger partial charge in [-0.1, -0.05) is 140 Å². The Kier molecular flexibility index (Phi) is 24.7. The molecule has 2 unspecified atom stereocenters. The fraction of sp³-hybridized carbons (Fsp3) is 0.822. The molecule has 0 aromatic heterocycles. The molecule has 1 saturated heterocycles. The minimum absolute atomic E-state index is 0.297. The highest BCUT2D eigenvalue weighted by Gasteiger charge is 2.50. The van der Waals surface area contributed by atoms with E-state index in [0.717, 1.165) is 36.2 Å². The lowest BCUT2D eigenvalue weighted by molar-refractivity contribution is -0.898. The van der Waals surface area contributed by atoms with E-state index in [9.17, 15) is 0 Å². The van der Waals surface area contributed by atoms with Crippen molar-refractivity contribution in [3.63, 3.8) is 0 Å². The van der Waals surface area contributed by atoms with Crippen molar-refractivity contribution >= 4 is 0 Å². The molecule has 48 heavy (non-hydrogen) atoms. The summed E-state index contributed by atoms with van der Waals surface area (Å²) in [5, 5.41) is 0. The van der Waals surface area contributed by atoms with Gasteiger partial charge in [0.1, 0.15) is 0 Å². The van der Waals surface area contributed by atoms with E-state index in [0.29, 0.717) is 12.2 Å². The Morgan fingerprint density at radius 2 is 0.833 bits per heavy atom. The van der Waals surface area contributed by atoms with Crippen LogP contribution in [-0.2, 0) is 9.47 Å². The van der Waals surface area contributed by atoms with Gasteiger partial charge in [0.2, 0.25) is 0 Å². The summed E-state index contributed by atoms with van der Waals surface area (Å²) in [5.41, 5.74) is 0. The monoisotopic (exact) mass is 669 g/mol. The van der Waals surface area contributed by atoms with Crippen LogP contribution in [0.5, 0.6) is 0 Å². The highest BCUT2D eigenvalue weighted by molar-refractivity contribution is 4.94. The van der Waals surface area contributed by atoms with Gasteiger partial charge < -0.3 is 14.0 Å². The molecule has 2 rings (SSSR count). The lowest BCUT2D eigenvalue weighted by atomic mass is 9.88. The second-order valence-corrected chi connectivity index (χ2v) is 16.1. The van der Waals surface area contributed by atoms with E-state index in [1.165, 1.54) is 154 Å². The smallest absolute Gasteiger partial charge is 0.169 e. The Labute approximate surface area is 300 Å². The molecule has 3 nitrogen and oxygen atoms in total. The maximum atomic E-state index is 6.90. The second-order valence-electron chi connectivity index (χ2n) is 16.1. The van der Waals surface area contributed by atoms with Crippen LogP contribution in [0.25, 0.3) is 0 Å². The average molecular weight is 669 g/mol. The van der Waals surface area contributed by atoms with Crippen LogP contribution in [0.15, 0.2) is 48.6 Å². The maximum absolute atomic E-state index is 6.90. The number of hydrogen-bond donors (Lipinski definition) is 0. The Bertz CT molecular complexity index is 801. The molecule has 1 aliphatic carbocycles. The number of nitrogens with zero attached hydrogens (tertiary/aromatic N) is 1. The standard InChI is InChI=1S/C45H82NO2/c1-6-8-10-12-14-16-18-20-22-24-26-28-30-32-34-36-43-44(48-45(47-43)40-38-42(39-41-45)46(3,4)5)37-35-33-31-29-27-25-23-21-19-17-15-13-11-9-7-2/h14-17,20-23,42-44H,6-13,18-19,24-41H2,1-5H3/q+1. The largest absolute Gasteiger partial charge is 0.344 e. The summed E-state index contributed by atoms with van der Waals surface area (Å²) in [4.78, 5) is 0. The zero-order chi connectivity index (χ0) is 34.6. The summed E-state index contributed by atoms with van der Waals surface area (Å²) in [5.74, 6) is -0.297. The topological polar surface area (TPSA) is 18.5 Å². The number of hydrogen-bond acceptors (Lipinski definition) is 2. The number of unbranched alkanes of at least 4 members (excludes halogenated alkanes) is 16. The first kappa shape index (κ1) is 43.0. The van der Waals surface area contributed by atoms with Gasteiger partial charge in [0.05, 0.1) is 39.4 Å². The van der Waals surface area contributed by atoms with Gasteiger partial charge in [-0.15, -0.1) is 0 Å². The van der Waals surface area contributed by atoms with E-state index in [1.807, 2.05) is 0 Å². The molecule has 1 spiro atoms. The maximum Gasteiger partial charge on any atom is 0.169 e. The van der Waals surface area contributed by atoms with E-state index in [1.54, 1.807) is 0 Å². The Morgan fingerprint density at radius 1 is 0.479 bits per heavy atom. The molecule has 0 amide bonds. The minimum Gasteiger partial charge on any atom is -0.344 e. The molecule has 2 fully saturated rings. The Morgan fingerprint density at radius 3 is 1.21 bits per heavy atom. The molecule has 0 bridgehead atoms. The van der Waals surface area contributed by atoms with Crippen LogP contribution >= 0.6 is 0 Å². The van der Waals surface area contributed by atoms with E-state index in [4.69, 9.17) is 9.47 Å². The molecular weight excluding hydrogens is 587 g/mol. The number of ether oxygens (including phenoxy) is 2. The summed E-state index contributed by atoms with van der Waals surface area (Å²) in [6, 6.07) is 0.726. The average Bonchev–Trinajstić information content (AvgIpc) is 3.40. The molecule has 1 aliphatic heterocycles. The van der Waals surface area contributed by atoms with Crippen LogP contribution in [0.4, 0.5) is 0 Å². The predicted octanol–water partition coefficient (Wildman–Crippen LogP) is 13.7. The third-order valence-electron chi connectivity index (χ3n) is 10.8. The van der Waals surface area contributed by atoms with Gasteiger partial charge in [0, 0.05) is 25.7 Å². The molecular formula is C45H82NO2+. The van der Waals surface area contributed by atoms with Crippen LogP contribution in [-0.4, -0.2) is 49.7 Å². The van der Waals surface area contributed by atoms with E-state index < -0.39 is 0 Å². The van der Waals surface area contributed by atoms with Crippen molar-refractivity contribution in [2.45, 2.75) is 218 Å².